The highest BCUT2D eigenvalue weighted by Gasteiger charge is 2.18. The molecular formula is C16H14Cl3NO4. The Morgan fingerprint density at radius 3 is 1.46 bits per heavy atom. The lowest BCUT2D eigenvalue weighted by Crippen LogP contribution is -2.30. The van der Waals surface area contributed by atoms with Gasteiger partial charge >= 0.3 is 11.9 Å². The predicted molar refractivity (Wildman–Crippen MR) is 93.4 cm³/mol. The zero-order chi connectivity index (χ0) is 16.8. The highest BCUT2D eigenvalue weighted by Crippen LogP contribution is 2.13. The van der Waals surface area contributed by atoms with Gasteiger partial charge in [-0.2, -0.15) is 0 Å². The van der Waals surface area contributed by atoms with Gasteiger partial charge in [0.25, 0.3) is 0 Å². The molecule has 0 aliphatic rings. The van der Waals surface area contributed by atoms with E-state index in [1.54, 1.807) is 31.2 Å². The second-order valence-electron chi connectivity index (χ2n) is 4.42. The van der Waals surface area contributed by atoms with Crippen molar-refractivity contribution in [1.82, 2.24) is 5.23 Å². The highest BCUT2D eigenvalue weighted by atomic mass is 35.5. The molecule has 5 nitrogen and oxygen atoms in total. The van der Waals surface area contributed by atoms with Crippen molar-refractivity contribution in [1.29, 1.82) is 0 Å². The zero-order valence-corrected chi connectivity index (χ0v) is 14.9. The molecule has 2 aromatic rings. The Bertz CT molecular complexity index is 630. The fourth-order valence-electron chi connectivity index (χ4n) is 1.61. The van der Waals surface area contributed by atoms with Gasteiger partial charge in [-0.3, -0.25) is 0 Å². The van der Waals surface area contributed by atoms with E-state index < -0.39 is 11.9 Å². The van der Waals surface area contributed by atoms with Crippen LogP contribution in [-0.2, 0) is 9.68 Å². The summed E-state index contributed by atoms with van der Waals surface area (Å²) in [5.41, 5.74) is 0.575. The van der Waals surface area contributed by atoms with Crippen molar-refractivity contribution < 1.29 is 19.3 Å². The van der Waals surface area contributed by atoms with E-state index >= 15 is 0 Å². The summed E-state index contributed by atoms with van der Waals surface area (Å²) in [6, 6.07) is 12.3. The van der Waals surface area contributed by atoms with Gasteiger partial charge in [0.1, 0.15) is 0 Å². The largest absolute Gasteiger partial charge is 0.360 e. The summed E-state index contributed by atoms with van der Waals surface area (Å²) >= 11 is 11.5. The van der Waals surface area contributed by atoms with Crippen molar-refractivity contribution in [2.45, 2.75) is 6.92 Å². The van der Waals surface area contributed by atoms with Crippen LogP contribution in [0.15, 0.2) is 48.5 Å². The normalized spacial score (nSPS) is 10.0. The topological polar surface area (TPSA) is 55.8 Å². The van der Waals surface area contributed by atoms with E-state index in [-0.39, 0.29) is 30.1 Å². The van der Waals surface area contributed by atoms with Crippen molar-refractivity contribution in [3.63, 3.8) is 0 Å². The van der Waals surface area contributed by atoms with Gasteiger partial charge < -0.3 is 9.68 Å². The van der Waals surface area contributed by atoms with Gasteiger partial charge in [0.15, 0.2) is 0 Å². The molecule has 0 saturated carbocycles. The molecule has 0 saturated heterocycles. The third-order valence-corrected chi connectivity index (χ3v) is 3.29. The van der Waals surface area contributed by atoms with Crippen LogP contribution in [0, 0.1) is 0 Å². The van der Waals surface area contributed by atoms with Crippen LogP contribution in [0.4, 0.5) is 0 Å². The van der Waals surface area contributed by atoms with E-state index in [9.17, 15) is 9.59 Å². The van der Waals surface area contributed by atoms with Crippen LogP contribution < -0.4 is 0 Å². The van der Waals surface area contributed by atoms with Crippen molar-refractivity contribution >= 4 is 47.5 Å². The summed E-state index contributed by atoms with van der Waals surface area (Å²) in [5.74, 6) is -1.32. The van der Waals surface area contributed by atoms with Crippen molar-refractivity contribution in [2.75, 3.05) is 6.54 Å². The molecule has 0 aliphatic carbocycles. The lowest BCUT2D eigenvalue weighted by atomic mass is 10.2. The van der Waals surface area contributed by atoms with Crippen molar-refractivity contribution in [3.05, 3.63) is 69.7 Å². The number of nitrogens with zero attached hydrogens (tertiary/aromatic N) is 1. The fraction of sp³-hybridized carbons (Fsp3) is 0.125. The Balaban J connectivity index is 0.00000288. The van der Waals surface area contributed by atoms with Crippen LogP contribution in [0.1, 0.15) is 27.6 Å². The minimum absolute atomic E-state index is 0. The molecule has 0 radical (unpaired) electrons. The first kappa shape index (κ1) is 20.3. The standard InChI is InChI=1S/C16H13Cl2NO4.ClH/c1-2-19(22-15(20)11-3-7-13(17)8-4-11)23-16(21)12-5-9-14(18)10-6-12;/h3-10H,2H2,1H3;1H. The van der Waals surface area contributed by atoms with Gasteiger partial charge in [-0.05, 0) is 55.5 Å². The third kappa shape index (κ3) is 5.69. The Morgan fingerprint density at radius 2 is 1.17 bits per heavy atom. The van der Waals surface area contributed by atoms with Gasteiger partial charge in [0.2, 0.25) is 0 Å². The number of rotatable bonds is 5. The zero-order valence-electron chi connectivity index (χ0n) is 12.6. The minimum atomic E-state index is -0.660. The van der Waals surface area contributed by atoms with E-state index in [0.29, 0.717) is 10.0 Å². The quantitative estimate of drug-likeness (QED) is 0.699. The predicted octanol–water partition coefficient (Wildman–Crippen LogP) is 4.58. The van der Waals surface area contributed by atoms with Crippen LogP contribution in [0.3, 0.4) is 0 Å². The van der Waals surface area contributed by atoms with Gasteiger partial charge in [-0.15, -0.1) is 12.4 Å². The summed E-state index contributed by atoms with van der Waals surface area (Å²) in [6.45, 7) is 1.84. The van der Waals surface area contributed by atoms with Crippen LogP contribution in [0.2, 0.25) is 10.0 Å². The molecular weight excluding hydrogens is 377 g/mol. The van der Waals surface area contributed by atoms with Crippen molar-refractivity contribution in [2.24, 2.45) is 0 Å². The SMILES string of the molecule is CCN(OC(=O)c1ccc(Cl)cc1)OC(=O)c1ccc(Cl)cc1.Cl. The minimum Gasteiger partial charge on any atom is -0.328 e. The molecule has 0 unspecified atom stereocenters. The number of hydrogen-bond donors (Lipinski definition) is 0. The summed E-state index contributed by atoms with van der Waals surface area (Å²) in [7, 11) is 0. The maximum atomic E-state index is 12.0. The molecule has 0 aromatic heterocycles. The molecule has 2 rings (SSSR count). The first-order valence-corrected chi connectivity index (χ1v) is 7.48. The summed E-state index contributed by atoms with van der Waals surface area (Å²) in [4.78, 5) is 34.0. The van der Waals surface area contributed by atoms with E-state index in [4.69, 9.17) is 32.9 Å². The number of carbonyl (C=O) groups is 2. The fourth-order valence-corrected chi connectivity index (χ4v) is 1.86. The number of hydrogen-bond acceptors (Lipinski definition) is 5. The third-order valence-electron chi connectivity index (χ3n) is 2.79. The lowest BCUT2D eigenvalue weighted by Gasteiger charge is -2.17. The molecule has 0 amide bonds. The first-order chi connectivity index (χ1) is 11.0. The molecule has 0 aliphatic heterocycles. The van der Waals surface area contributed by atoms with E-state index in [1.807, 2.05) is 0 Å². The molecule has 24 heavy (non-hydrogen) atoms. The molecule has 8 heteroatoms. The molecule has 0 heterocycles. The van der Waals surface area contributed by atoms with E-state index in [1.165, 1.54) is 24.3 Å². The summed E-state index contributed by atoms with van der Waals surface area (Å²) in [6.07, 6.45) is 0. The monoisotopic (exact) mass is 389 g/mol. The number of benzene rings is 2. The number of halogens is 3. The Hall–Kier alpha value is -1.79. The average Bonchev–Trinajstić information content (AvgIpc) is 2.55. The summed E-state index contributed by atoms with van der Waals surface area (Å²) < 4.78 is 0. The molecule has 0 fully saturated rings. The lowest BCUT2D eigenvalue weighted by molar-refractivity contribution is -0.295. The second kappa shape index (κ2) is 9.49. The molecule has 0 atom stereocenters. The average molecular weight is 391 g/mol. The molecule has 0 bridgehead atoms. The van der Waals surface area contributed by atoms with E-state index in [0.717, 1.165) is 5.23 Å². The van der Waals surface area contributed by atoms with Gasteiger partial charge in [-0.25, -0.2) is 9.59 Å². The molecule has 2 aromatic carbocycles. The molecule has 0 spiro atoms. The Labute approximate surface area is 155 Å². The number of carbonyl (C=O) groups excluding carboxylic acids is 2. The first-order valence-electron chi connectivity index (χ1n) is 6.73. The summed E-state index contributed by atoms with van der Waals surface area (Å²) in [5, 5.41) is 1.82. The maximum Gasteiger partial charge on any atom is 0.360 e. The van der Waals surface area contributed by atoms with Crippen LogP contribution in [-0.4, -0.2) is 23.7 Å². The second-order valence-corrected chi connectivity index (χ2v) is 5.29. The van der Waals surface area contributed by atoms with Crippen LogP contribution in [0.5, 0.6) is 0 Å². The molecule has 0 N–H and O–H groups in total. The smallest absolute Gasteiger partial charge is 0.328 e. The van der Waals surface area contributed by atoms with Crippen LogP contribution >= 0.6 is 35.6 Å². The van der Waals surface area contributed by atoms with Gasteiger partial charge in [0, 0.05) is 15.3 Å². The molecule has 128 valence electrons. The Kier molecular flexibility index (Phi) is 8.01. The maximum absolute atomic E-state index is 12.0. The van der Waals surface area contributed by atoms with E-state index in [2.05, 4.69) is 0 Å². The van der Waals surface area contributed by atoms with Crippen molar-refractivity contribution in [3.8, 4) is 0 Å². The van der Waals surface area contributed by atoms with Crippen LogP contribution in [0.25, 0.3) is 0 Å². The highest BCUT2D eigenvalue weighted by molar-refractivity contribution is 6.30. The van der Waals surface area contributed by atoms with Gasteiger partial charge in [0.05, 0.1) is 17.7 Å². The number of hydroxylamine groups is 2. The Morgan fingerprint density at radius 1 is 0.833 bits per heavy atom. The van der Waals surface area contributed by atoms with Gasteiger partial charge in [-0.1, -0.05) is 23.2 Å².